The number of nitrogens with zero attached hydrogens (tertiary/aromatic N) is 1. The average Bonchev–Trinajstić information content (AvgIpc) is 2.87. The first-order chi connectivity index (χ1) is 9.93. The van der Waals surface area contributed by atoms with Gasteiger partial charge in [0.2, 0.25) is 5.88 Å². The van der Waals surface area contributed by atoms with Gasteiger partial charge in [-0.2, -0.15) is 13.2 Å². The van der Waals surface area contributed by atoms with Crippen LogP contribution in [-0.2, 0) is 19.0 Å². The number of benzene rings is 1. The Kier molecular flexibility index (Phi) is 3.23. The van der Waals surface area contributed by atoms with Crippen LogP contribution in [0.4, 0.5) is 18.9 Å². The van der Waals surface area contributed by atoms with Crippen LogP contribution >= 0.6 is 0 Å². The molecule has 0 spiro atoms. The first-order valence-electron chi connectivity index (χ1n) is 6.57. The molecule has 0 saturated carbocycles. The molecule has 1 aromatic carbocycles. The highest BCUT2D eigenvalue weighted by Crippen LogP contribution is 2.39. The Bertz CT molecular complexity index is 683. The van der Waals surface area contributed by atoms with E-state index in [1.54, 1.807) is 6.07 Å². The molecule has 2 N–H and O–H groups in total. The van der Waals surface area contributed by atoms with Crippen molar-refractivity contribution in [3.63, 3.8) is 0 Å². The normalized spacial score (nSPS) is 14.0. The monoisotopic (exact) mass is 294 g/mol. The molecule has 0 amide bonds. The number of anilines is 1. The Balaban J connectivity index is 1.95. The number of alkyl halides is 3. The van der Waals surface area contributed by atoms with Gasteiger partial charge in [0.15, 0.2) is 0 Å². The molecule has 0 unspecified atom stereocenters. The van der Waals surface area contributed by atoms with E-state index >= 15 is 0 Å². The maximum absolute atomic E-state index is 13.0. The molecule has 0 atom stereocenters. The van der Waals surface area contributed by atoms with Crippen molar-refractivity contribution < 1.29 is 17.9 Å². The average molecular weight is 294 g/mol. The summed E-state index contributed by atoms with van der Waals surface area (Å²) in [5, 5.41) is 0. The highest BCUT2D eigenvalue weighted by Gasteiger charge is 2.35. The molecular weight excluding hydrogens is 281 g/mol. The predicted molar refractivity (Wildman–Crippen MR) is 72.2 cm³/mol. The van der Waals surface area contributed by atoms with E-state index in [1.807, 2.05) is 6.07 Å². The van der Waals surface area contributed by atoms with Crippen LogP contribution in [0.3, 0.4) is 0 Å². The number of nitrogens with two attached hydrogens (primary N) is 1. The van der Waals surface area contributed by atoms with Crippen LogP contribution in [0.5, 0.6) is 11.6 Å². The third-order valence-corrected chi connectivity index (χ3v) is 3.43. The molecule has 110 valence electrons. The molecule has 3 rings (SSSR count). The highest BCUT2D eigenvalue weighted by molar-refractivity contribution is 5.50. The molecule has 2 aromatic rings. The summed E-state index contributed by atoms with van der Waals surface area (Å²) in [4.78, 5) is 4.27. The van der Waals surface area contributed by atoms with Gasteiger partial charge in [-0.3, -0.25) is 0 Å². The Hall–Kier alpha value is -2.24. The lowest BCUT2D eigenvalue weighted by molar-refractivity contribution is -0.138. The SMILES string of the molecule is Nc1ccc(Oc2ccc3c(n2)CCC3)c(C(F)(F)F)c1. The number of hydrogen-bond acceptors (Lipinski definition) is 3. The number of halogens is 3. The number of ether oxygens (including phenoxy) is 1. The second kappa shape index (κ2) is 4.95. The van der Waals surface area contributed by atoms with E-state index in [2.05, 4.69) is 4.98 Å². The van der Waals surface area contributed by atoms with Crippen molar-refractivity contribution in [2.24, 2.45) is 0 Å². The first kappa shape index (κ1) is 13.7. The Morgan fingerprint density at radius 3 is 2.67 bits per heavy atom. The van der Waals surface area contributed by atoms with Gasteiger partial charge in [-0.1, -0.05) is 6.07 Å². The van der Waals surface area contributed by atoms with Crippen molar-refractivity contribution in [3.8, 4) is 11.6 Å². The van der Waals surface area contributed by atoms with Crippen molar-refractivity contribution in [1.82, 2.24) is 4.98 Å². The van der Waals surface area contributed by atoms with Gasteiger partial charge in [-0.05, 0) is 43.0 Å². The van der Waals surface area contributed by atoms with Crippen molar-refractivity contribution in [2.45, 2.75) is 25.4 Å². The lowest BCUT2D eigenvalue weighted by Gasteiger charge is -2.14. The standard InChI is InChI=1S/C15H13F3N2O/c16-15(17,18)11-8-10(19)5-6-13(11)21-14-7-4-9-2-1-3-12(9)20-14/h4-8H,1-3,19H2. The second-order valence-corrected chi connectivity index (χ2v) is 4.96. The molecule has 0 bridgehead atoms. The highest BCUT2D eigenvalue weighted by atomic mass is 19.4. The number of fused-ring (bicyclic) bond motifs is 1. The number of aryl methyl sites for hydroxylation is 2. The van der Waals surface area contributed by atoms with Crippen LogP contribution < -0.4 is 10.5 Å². The minimum Gasteiger partial charge on any atom is -0.438 e. The van der Waals surface area contributed by atoms with Gasteiger partial charge in [-0.15, -0.1) is 0 Å². The van der Waals surface area contributed by atoms with Gasteiger partial charge in [0, 0.05) is 17.4 Å². The molecule has 3 nitrogen and oxygen atoms in total. The summed E-state index contributed by atoms with van der Waals surface area (Å²) in [6.45, 7) is 0. The fraction of sp³-hybridized carbons (Fsp3) is 0.267. The summed E-state index contributed by atoms with van der Waals surface area (Å²) < 4.78 is 44.3. The van der Waals surface area contributed by atoms with Crippen LogP contribution in [0.2, 0.25) is 0 Å². The molecular formula is C15H13F3N2O. The number of nitrogen functional groups attached to an aromatic ring is 1. The summed E-state index contributed by atoms with van der Waals surface area (Å²) in [6.07, 6.45) is -1.72. The van der Waals surface area contributed by atoms with Crippen LogP contribution in [0.15, 0.2) is 30.3 Å². The van der Waals surface area contributed by atoms with E-state index in [4.69, 9.17) is 10.5 Å². The molecule has 21 heavy (non-hydrogen) atoms. The number of aromatic nitrogens is 1. The predicted octanol–water partition coefficient (Wildman–Crippen LogP) is 3.96. The largest absolute Gasteiger partial charge is 0.438 e. The van der Waals surface area contributed by atoms with Crippen LogP contribution in [0.1, 0.15) is 23.2 Å². The molecule has 1 aliphatic rings. The van der Waals surface area contributed by atoms with E-state index < -0.39 is 11.7 Å². The van der Waals surface area contributed by atoms with E-state index in [9.17, 15) is 13.2 Å². The molecule has 1 heterocycles. The van der Waals surface area contributed by atoms with Crippen LogP contribution in [0.25, 0.3) is 0 Å². The fourth-order valence-electron chi connectivity index (χ4n) is 2.43. The zero-order chi connectivity index (χ0) is 15.0. The maximum atomic E-state index is 13.0. The minimum atomic E-state index is -4.53. The van der Waals surface area contributed by atoms with Crippen LogP contribution in [0, 0.1) is 0 Å². The van der Waals surface area contributed by atoms with Crippen molar-refractivity contribution in [2.75, 3.05) is 5.73 Å². The molecule has 1 aromatic heterocycles. The molecule has 0 radical (unpaired) electrons. The van der Waals surface area contributed by atoms with Gasteiger partial charge < -0.3 is 10.5 Å². The zero-order valence-electron chi connectivity index (χ0n) is 11.1. The van der Waals surface area contributed by atoms with Gasteiger partial charge in [-0.25, -0.2) is 4.98 Å². The number of pyridine rings is 1. The third-order valence-electron chi connectivity index (χ3n) is 3.43. The number of hydrogen-bond donors (Lipinski definition) is 1. The Morgan fingerprint density at radius 1 is 1.10 bits per heavy atom. The number of rotatable bonds is 2. The van der Waals surface area contributed by atoms with Crippen molar-refractivity contribution in [3.05, 3.63) is 47.2 Å². The van der Waals surface area contributed by atoms with Crippen LogP contribution in [-0.4, -0.2) is 4.98 Å². The summed E-state index contributed by atoms with van der Waals surface area (Å²) in [5.41, 5.74) is 6.59. The summed E-state index contributed by atoms with van der Waals surface area (Å²) in [7, 11) is 0. The third kappa shape index (κ3) is 2.79. The smallest absolute Gasteiger partial charge is 0.420 e. The fourth-order valence-corrected chi connectivity index (χ4v) is 2.43. The molecule has 1 aliphatic carbocycles. The Labute approximate surface area is 119 Å². The summed E-state index contributed by atoms with van der Waals surface area (Å²) in [6, 6.07) is 6.91. The second-order valence-electron chi connectivity index (χ2n) is 4.96. The van der Waals surface area contributed by atoms with Gasteiger partial charge in [0.25, 0.3) is 0 Å². The minimum absolute atomic E-state index is 0.0385. The summed E-state index contributed by atoms with van der Waals surface area (Å²) in [5.74, 6) is -0.118. The zero-order valence-corrected chi connectivity index (χ0v) is 11.1. The van der Waals surface area contributed by atoms with E-state index in [-0.39, 0.29) is 17.3 Å². The molecule has 0 aliphatic heterocycles. The van der Waals surface area contributed by atoms with Gasteiger partial charge in [0.1, 0.15) is 11.3 Å². The maximum Gasteiger partial charge on any atom is 0.420 e. The molecule has 0 saturated heterocycles. The van der Waals surface area contributed by atoms with E-state index in [1.165, 1.54) is 12.1 Å². The van der Waals surface area contributed by atoms with Crippen molar-refractivity contribution >= 4 is 5.69 Å². The topological polar surface area (TPSA) is 48.1 Å². The van der Waals surface area contributed by atoms with Gasteiger partial charge in [0.05, 0.1) is 0 Å². The molecule has 0 fully saturated rings. The van der Waals surface area contributed by atoms with Gasteiger partial charge >= 0.3 is 6.18 Å². The molecule has 6 heteroatoms. The summed E-state index contributed by atoms with van der Waals surface area (Å²) >= 11 is 0. The quantitative estimate of drug-likeness (QED) is 0.853. The first-order valence-corrected chi connectivity index (χ1v) is 6.57. The van der Waals surface area contributed by atoms with E-state index in [0.29, 0.717) is 0 Å². The Morgan fingerprint density at radius 2 is 1.90 bits per heavy atom. The van der Waals surface area contributed by atoms with E-state index in [0.717, 1.165) is 36.6 Å². The lowest BCUT2D eigenvalue weighted by atomic mass is 10.1. The van der Waals surface area contributed by atoms with Crippen molar-refractivity contribution in [1.29, 1.82) is 0 Å². The lowest BCUT2D eigenvalue weighted by Crippen LogP contribution is -2.08.